The van der Waals surface area contributed by atoms with E-state index in [1.165, 1.54) is 4.68 Å². The summed E-state index contributed by atoms with van der Waals surface area (Å²) in [6.45, 7) is 5.15. The molecule has 2 aromatic heterocycles. The molecule has 212 valence electrons. The van der Waals surface area contributed by atoms with E-state index in [0.29, 0.717) is 30.8 Å². The fraction of sp³-hybridized carbons (Fsp3) is 0.481. The number of fused-ring (bicyclic) bond motifs is 1. The van der Waals surface area contributed by atoms with Crippen LogP contribution in [0.3, 0.4) is 0 Å². The molecule has 0 N–H and O–H groups in total. The first-order chi connectivity index (χ1) is 19.7. The lowest BCUT2D eigenvalue weighted by Crippen LogP contribution is -2.45. The highest BCUT2D eigenvalue weighted by Crippen LogP contribution is 2.35. The second-order valence-corrected chi connectivity index (χ2v) is 10.9. The van der Waals surface area contributed by atoms with E-state index in [1.807, 2.05) is 46.7 Å². The molecule has 2 aliphatic carbocycles. The number of nitrogens with zero attached hydrogens (tertiary/aromatic N) is 11. The zero-order chi connectivity index (χ0) is 29.1. The van der Waals surface area contributed by atoms with Crippen molar-refractivity contribution in [2.24, 2.45) is 10.2 Å². The van der Waals surface area contributed by atoms with Gasteiger partial charge in [0.15, 0.2) is 0 Å². The maximum absolute atomic E-state index is 14.2. The summed E-state index contributed by atoms with van der Waals surface area (Å²) in [7, 11) is 0. The summed E-state index contributed by atoms with van der Waals surface area (Å²) in [4.78, 5) is 39.2. The van der Waals surface area contributed by atoms with E-state index in [2.05, 4.69) is 30.1 Å². The molecule has 2 heterocycles. The molecule has 1 amide bonds. The van der Waals surface area contributed by atoms with E-state index in [9.17, 15) is 9.59 Å². The van der Waals surface area contributed by atoms with Crippen LogP contribution in [0.15, 0.2) is 46.8 Å². The van der Waals surface area contributed by atoms with Crippen molar-refractivity contribution in [2.75, 3.05) is 6.54 Å². The summed E-state index contributed by atoms with van der Waals surface area (Å²) < 4.78 is 8.55. The summed E-state index contributed by atoms with van der Waals surface area (Å²) in [6, 6.07) is 9.56. The van der Waals surface area contributed by atoms with Gasteiger partial charge < -0.3 is 9.64 Å². The Hall–Kier alpha value is -4.80. The van der Waals surface area contributed by atoms with Crippen LogP contribution >= 0.6 is 0 Å². The first-order valence-electron chi connectivity index (χ1n) is 13.5. The maximum atomic E-state index is 14.2. The molecule has 1 unspecified atom stereocenters. The number of ether oxygens (including phenoxy) is 1. The van der Waals surface area contributed by atoms with Gasteiger partial charge >= 0.3 is 6.09 Å². The zero-order valence-electron chi connectivity index (χ0n) is 23.2. The van der Waals surface area contributed by atoms with Crippen molar-refractivity contribution >= 4 is 12.0 Å². The van der Waals surface area contributed by atoms with Crippen molar-refractivity contribution in [3.63, 3.8) is 0 Å². The van der Waals surface area contributed by atoms with E-state index >= 15 is 0 Å². The number of rotatable bonds is 9. The quantitative estimate of drug-likeness (QED) is 0.193. The molecule has 14 nitrogen and oxygen atoms in total. The van der Waals surface area contributed by atoms with Crippen molar-refractivity contribution in [2.45, 2.75) is 77.1 Å². The molecular weight excluding hydrogens is 526 g/mol. The number of azide groups is 2. The Bertz CT molecular complexity index is 1560. The highest BCUT2D eigenvalue weighted by atomic mass is 16.6. The van der Waals surface area contributed by atoms with Gasteiger partial charge in [0.2, 0.25) is 0 Å². The largest absolute Gasteiger partial charge is 0.442 e. The van der Waals surface area contributed by atoms with Crippen LogP contribution in [0.25, 0.3) is 26.6 Å². The van der Waals surface area contributed by atoms with Crippen LogP contribution in [0.1, 0.15) is 66.4 Å². The third-order valence-corrected chi connectivity index (χ3v) is 7.32. The highest BCUT2D eigenvalue weighted by molar-refractivity contribution is 5.94. The molecule has 14 heteroatoms. The lowest BCUT2D eigenvalue weighted by atomic mass is 9.92. The first-order valence-corrected chi connectivity index (χ1v) is 13.5. The van der Waals surface area contributed by atoms with Crippen LogP contribution < -0.4 is 0 Å². The van der Waals surface area contributed by atoms with E-state index in [4.69, 9.17) is 15.8 Å². The Morgan fingerprint density at radius 2 is 1.85 bits per heavy atom. The third kappa shape index (κ3) is 5.88. The minimum absolute atomic E-state index is 0.00205. The maximum Gasteiger partial charge on any atom is 0.435 e. The number of imidazole rings is 1. The van der Waals surface area contributed by atoms with Gasteiger partial charge in [0.05, 0.1) is 24.5 Å². The Morgan fingerprint density at radius 1 is 1.12 bits per heavy atom. The topological polar surface area (TPSA) is 180 Å². The average molecular weight is 558 g/mol. The van der Waals surface area contributed by atoms with Gasteiger partial charge in [-0.05, 0) is 81.6 Å². The standard InChI is InChI=1S/C27H31N11O3/c1-17-32-24(23(14-30-34-28)37(17)19-7-5-4-6-8-19)25(39)38(20-9-10-20)21-11-12-22-18(13-21)15-36(33-22)26(40)41-27(2,3)16-31-35-29/h4-8,15,20-21H,9-14,16H2,1-3H3. The number of hydrogen-bond donors (Lipinski definition) is 0. The number of para-hydroxylation sites is 1. The van der Waals surface area contributed by atoms with Gasteiger partial charge in [-0.25, -0.2) is 9.78 Å². The first kappa shape index (κ1) is 27.8. The minimum atomic E-state index is -0.984. The lowest BCUT2D eigenvalue weighted by Gasteiger charge is -2.34. The smallest absolute Gasteiger partial charge is 0.435 e. The Balaban J connectivity index is 1.40. The van der Waals surface area contributed by atoms with Crippen LogP contribution in [0, 0.1) is 6.92 Å². The summed E-state index contributed by atoms with van der Waals surface area (Å²) in [6.07, 6.45) is 4.64. The number of amides is 1. The van der Waals surface area contributed by atoms with Crippen molar-refractivity contribution in [3.05, 3.63) is 85.9 Å². The third-order valence-electron chi connectivity index (χ3n) is 7.32. The normalized spacial score (nSPS) is 16.2. The number of carbonyl (C=O) groups excluding carboxylic acids is 2. The van der Waals surface area contributed by atoms with Gasteiger partial charge in [0, 0.05) is 33.8 Å². The van der Waals surface area contributed by atoms with Gasteiger partial charge in [-0.2, -0.15) is 9.78 Å². The fourth-order valence-electron chi connectivity index (χ4n) is 5.35. The Kier molecular flexibility index (Phi) is 7.69. The van der Waals surface area contributed by atoms with Gasteiger partial charge in [0.1, 0.15) is 17.1 Å². The monoisotopic (exact) mass is 557 g/mol. The summed E-state index contributed by atoms with van der Waals surface area (Å²) in [5.74, 6) is 0.445. The van der Waals surface area contributed by atoms with Crippen molar-refractivity contribution < 1.29 is 14.3 Å². The molecular formula is C27H31N11O3. The SMILES string of the molecule is Cc1nc(C(=O)N(C2CC2)C2CCc3nn(C(=O)OC(C)(C)CN=[N+]=[N-])cc3C2)c(CN=[N+]=[N-])n1-c1ccccc1. The van der Waals surface area contributed by atoms with Crippen LogP contribution in [0.2, 0.25) is 0 Å². The second kappa shape index (κ2) is 11.4. The van der Waals surface area contributed by atoms with E-state index in [0.717, 1.165) is 29.8 Å². The summed E-state index contributed by atoms with van der Waals surface area (Å²) in [5.41, 5.74) is 20.0. The van der Waals surface area contributed by atoms with Gasteiger partial charge in [-0.1, -0.05) is 28.4 Å². The predicted octanol–water partition coefficient (Wildman–Crippen LogP) is 5.42. The zero-order valence-corrected chi connectivity index (χ0v) is 23.2. The van der Waals surface area contributed by atoms with Crippen LogP contribution in [0.4, 0.5) is 4.79 Å². The van der Waals surface area contributed by atoms with Crippen molar-refractivity contribution in [3.8, 4) is 5.69 Å². The minimum Gasteiger partial charge on any atom is -0.442 e. The molecule has 0 spiro atoms. The average Bonchev–Trinajstić information content (AvgIpc) is 3.59. The Labute approximate surface area is 236 Å². The van der Waals surface area contributed by atoms with Crippen LogP contribution in [-0.4, -0.2) is 60.5 Å². The fourth-order valence-corrected chi connectivity index (χ4v) is 5.35. The molecule has 1 fully saturated rings. The van der Waals surface area contributed by atoms with Crippen molar-refractivity contribution in [1.29, 1.82) is 0 Å². The van der Waals surface area contributed by atoms with Crippen LogP contribution in [-0.2, 0) is 24.1 Å². The molecule has 5 rings (SSSR count). The molecule has 1 saturated carbocycles. The molecule has 1 atom stereocenters. The Morgan fingerprint density at radius 3 is 2.54 bits per heavy atom. The van der Waals surface area contributed by atoms with Crippen LogP contribution in [0.5, 0.6) is 0 Å². The predicted molar refractivity (Wildman–Crippen MR) is 148 cm³/mol. The molecule has 0 saturated heterocycles. The number of carbonyl (C=O) groups is 2. The second-order valence-electron chi connectivity index (χ2n) is 10.9. The van der Waals surface area contributed by atoms with Crippen molar-refractivity contribution in [1.82, 2.24) is 24.2 Å². The summed E-state index contributed by atoms with van der Waals surface area (Å²) in [5, 5.41) is 11.7. The lowest BCUT2D eigenvalue weighted by molar-refractivity contribution is 0.0441. The number of aryl methyl sites for hydroxylation is 2. The number of benzene rings is 1. The molecule has 0 radical (unpaired) electrons. The molecule has 2 aliphatic rings. The molecule has 1 aromatic carbocycles. The molecule has 41 heavy (non-hydrogen) atoms. The van der Waals surface area contributed by atoms with Gasteiger partial charge in [0.25, 0.3) is 5.91 Å². The van der Waals surface area contributed by atoms with E-state index in [1.54, 1.807) is 20.0 Å². The molecule has 3 aromatic rings. The van der Waals surface area contributed by atoms with Gasteiger partial charge in [-0.15, -0.1) is 0 Å². The molecule has 0 aliphatic heterocycles. The number of aromatic nitrogens is 4. The summed E-state index contributed by atoms with van der Waals surface area (Å²) >= 11 is 0. The number of hydrogen-bond acceptors (Lipinski definition) is 7. The van der Waals surface area contributed by atoms with E-state index in [-0.39, 0.29) is 36.8 Å². The van der Waals surface area contributed by atoms with E-state index < -0.39 is 11.7 Å². The van der Waals surface area contributed by atoms with Gasteiger partial charge in [-0.3, -0.25) is 9.36 Å². The highest BCUT2D eigenvalue weighted by Gasteiger charge is 2.41. The molecule has 0 bridgehead atoms.